The summed E-state index contributed by atoms with van der Waals surface area (Å²) in [6.45, 7) is 7.42. The summed E-state index contributed by atoms with van der Waals surface area (Å²) in [4.78, 5) is 24.4. The van der Waals surface area contributed by atoms with Crippen LogP contribution >= 0.6 is 0 Å². The van der Waals surface area contributed by atoms with Crippen molar-refractivity contribution >= 4 is 11.9 Å². The van der Waals surface area contributed by atoms with Crippen LogP contribution in [0.3, 0.4) is 0 Å². The third kappa shape index (κ3) is 4.43. The molecule has 0 aromatic heterocycles. The first kappa shape index (κ1) is 25.5. The number of rotatable bonds is 6. The molecule has 0 N–H and O–H groups in total. The molecule has 0 saturated heterocycles. The highest BCUT2D eigenvalue weighted by molar-refractivity contribution is 5.89. The van der Waals surface area contributed by atoms with Crippen molar-refractivity contribution in [2.75, 3.05) is 7.11 Å². The van der Waals surface area contributed by atoms with E-state index in [1.165, 1.54) is 39.2 Å². The van der Waals surface area contributed by atoms with Gasteiger partial charge in [-0.05, 0) is 110 Å². The average Bonchev–Trinajstić information content (AvgIpc) is 3.25. The molecule has 0 aliphatic heterocycles. The van der Waals surface area contributed by atoms with E-state index in [0.717, 1.165) is 31.6 Å². The molecule has 0 heterocycles. The molecule has 0 unspecified atom stereocenters. The zero-order valence-corrected chi connectivity index (χ0v) is 22.6. The van der Waals surface area contributed by atoms with Crippen molar-refractivity contribution in [2.45, 2.75) is 91.1 Å². The Kier molecular flexibility index (Phi) is 7.09. The Morgan fingerprint density at radius 3 is 2.58 bits per heavy atom. The summed E-state index contributed by atoms with van der Waals surface area (Å²) in [7, 11) is 1.49. The molecule has 4 aliphatic carbocycles. The largest absolute Gasteiger partial charge is 0.469 e. The molecule has 3 fully saturated rings. The minimum Gasteiger partial charge on any atom is -0.469 e. The summed E-state index contributed by atoms with van der Waals surface area (Å²) < 4.78 is 10.9. The van der Waals surface area contributed by atoms with E-state index in [9.17, 15) is 9.59 Å². The Balaban J connectivity index is 1.27. The van der Waals surface area contributed by atoms with Crippen LogP contribution in [0.5, 0.6) is 0 Å². The molecule has 4 nitrogen and oxygen atoms in total. The van der Waals surface area contributed by atoms with Gasteiger partial charge in [-0.2, -0.15) is 0 Å². The standard InChI is InChI=1S/C32H44O4/c1-21(10-15-29(33)35-4)26-13-14-27-25-12-11-23-20-24(36-30(34)22-8-6-5-7-9-22)16-18-31(23,2)28(25)17-19-32(26,27)3/h5-9,17,21,23-27H,10-16,18-20H2,1-4H3/t21-,23-,24-,25+,26+,27+,31+,32-/m1/s1. The molecule has 0 bridgehead atoms. The van der Waals surface area contributed by atoms with Gasteiger partial charge in [0.25, 0.3) is 0 Å². The summed E-state index contributed by atoms with van der Waals surface area (Å²) in [5.41, 5.74) is 2.97. The first-order valence-electron chi connectivity index (χ1n) is 14.3. The van der Waals surface area contributed by atoms with Crippen LogP contribution in [0.25, 0.3) is 0 Å². The Hall–Kier alpha value is -2.10. The third-order valence-electron chi connectivity index (χ3n) is 11.1. The monoisotopic (exact) mass is 492 g/mol. The van der Waals surface area contributed by atoms with Gasteiger partial charge in [-0.3, -0.25) is 4.79 Å². The fraction of sp³-hybridized carbons (Fsp3) is 0.688. The lowest BCUT2D eigenvalue weighted by Gasteiger charge is -2.57. The molecule has 3 saturated carbocycles. The SMILES string of the molecule is COC(=O)CC[C@@H](C)[C@@H]1CC[C@H]2[C@@H]3CC[C@@H]4C[C@H](OC(=O)c5ccccc5)CC[C@]4(C)C3=CC[C@]12C. The van der Waals surface area contributed by atoms with E-state index in [2.05, 4.69) is 26.8 Å². The maximum atomic E-state index is 12.7. The number of fused-ring (bicyclic) bond motifs is 5. The van der Waals surface area contributed by atoms with Crippen LogP contribution in [0.1, 0.15) is 95.3 Å². The number of allylic oxidation sites excluding steroid dienone is 2. The topological polar surface area (TPSA) is 52.6 Å². The lowest BCUT2D eigenvalue weighted by Crippen LogP contribution is -2.49. The number of ether oxygens (including phenoxy) is 2. The first-order valence-corrected chi connectivity index (χ1v) is 14.3. The zero-order chi connectivity index (χ0) is 25.5. The molecule has 1 aromatic rings. The molecular formula is C32H44O4. The fourth-order valence-electron chi connectivity index (χ4n) is 9.01. The number of benzene rings is 1. The lowest BCUT2D eigenvalue weighted by molar-refractivity contribution is -0.141. The number of carbonyl (C=O) groups excluding carboxylic acids is 2. The van der Waals surface area contributed by atoms with Crippen molar-refractivity contribution in [1.29, 1.82) is 0 Å². The van der Waals surface area contributed by atoms with E-state index in [1.807, 2.05) is 30.3 Å². The highest BCUT2D eigenvalue weighted by Crippen LogP contribution is 2.66. The van der Waals surface area contributed by atoms with Crippen molar-refractivity contribution in [3.63, 3.8) is 0 Å². The Bertz CT molecular complexity index is 999. The second kappa shape index (κ2) is 9.99. The number of carbonyl (C=O) groups is 2. The number of hydrogen-bond donors (Lipinski definition) is 0. The molecule has 196 valence electrons. The predicted octanol–water partition coefficient (Wildman–Crippen LogP) is 7.38. The second-order valence-electron chi connectivity index (χ2n) is 12.7. The minimum atomic E-state index is -0.177. The molecule has 0 radical (unpaired) electrons. The molecule has 36 heavy (non-hydrogen) atoms. The average molecular weight is 493 g/mol. The second-order valence-corrected chi connectivity index (χ2v) is 12.7. The molecule has 0 amide bonds. The number of methoxy groups -OCH3 is 1. The zero-order valence-electron chi connectivity index (χ0n) is 22.6. The molecule has 5 rings (SSSR count). The summed E-state index contributed by atoms with van der Waals surface area (Å²) in [5.74, 6) is 3.04. The van der Waals surface area contributed by atoms with Gasteiger partial charge in [-0.1, -0.05) is 50.6 Å². The van der Waals surface area contributed by atoms with Crippen LogP contribution in [-0.2, 0) is 14.3 Å². The quantitative estimate of drug-likeness (QED) is 0.307. The molecule has 0 spiro atoms. The summed E-state index contributed by atoms with van der Waals surface area (Å²) in [6, 6.07) is 9.41. The Morgan fingerprint density at radius 1 is 1.06 bits per heavy atom. The third-order valence-corrected chi connectivity index (χ3v) is 11.1. The van der Waals surface area contributed by atoms with Crippen LogP contribution in [0, 0.1) is 40.4 Å². The number of esters is 2. The molecular weight excluding hydrogens is 448 g/mol. The maximum absolute atomic E-state index is 12.7. The van der Waals surface area contributed by atoms with Crippen molar-refractivity contribution in [3.8, 4) is 0 Å². The van der Waals surface area contributed by atoms with E-state index in [1.54, 1.807) is 5.57 Å². The van der Waals surface area contributed by atoms with Crippen molar-refractivity contribution in [1.82, 2.24) is 0 Å². The lowest BCUT2D eigenvalue weighted by atomic mass is 9.48. The summed E-state index contributed by atoms with van der Waals surface area (Å²) >= 11 is 0. The van der Waals surface area contributed by atoms with Crippen LogP contribution < -0.4 is 0 Å². The van der Waals surface area contributed by atoms with Crippen LogP contribution in [0.2, 0.25) is 0 Å². The summed E-state index contributed by atoms with van der Waals surface area (Å²) in [5, 5.41) is 0. The summed E-state index contributed by atoms with van der Waals surface area (Å²) in [6.07, 6.45) is 13.5. The number of hydrogen-bond acceptors (Lipinski definition) is 4. The van der Waals surface area contributed by atoms with Gasteiger partial charge in [0.05, 0.1) is 12.7 Å². The molecule has 4 heteroatoms. The van der Waals surface area contributed by atoms with Gasteiger partial charge in [0.15, 0.2) is 0 Å². The van der Waals surface area contributed by atoms with E-state index in [4.69, 9.17) is 9.47 Å². The normalized spacial score (nSPS) is 38.1. The van der Waals surface area contributed by atoms with Crippen molar-refractivity contribution < 1.29 is 19.1 Å². The molecule has 8 atom stereocenters. The highest BCUT2D eigenvalue weighted by atomic mass is 16.5. The van der Waals surface area contributed by atoms with E-state index in [0.29, 0.717) is 41.1 Å². The van der Waals surface area contributed by atoms with Crippen molar-refractivity contribution in [3.05, 3.63) is 47.5 Å². The van der Waals surface area contributed by atoms with Gasteiger partial charge in [0, 0.05) is 6.42 Å². The highest BCUT2D eigenvalue weighted by Gasteiger charge is 2.57. The minimum absolute atomic E-state index is 0.0355. The van der Waals surface area contributed by atoms with Gasteiger partial charge in [0.2, 0.25) is 0 Å². The van der Waals surface area contributed by atoms with Gasteiger partial charge < -0.3 is 9.47 Å². The smallest absolute Gasteiger partial charge is 0.338 e. The van der Waals surface area contributed by atoms with E-state index >= 15 is 0 Å². The van der Waals surface area contributed by atoms with Gasteiger partial charge in [0.1, 0.15) is 6.10 Å². The Morgan fingerprint density at radius 2 is 1.83 bits per heavy atom. The van der Waals surface area contributed by atoms with Gasteiger partial charge in [-0.15, -0.1) is 0 Å². The Labute approximate surface area is 217 Å². The van der Waals surface area contributed by atoms with Crippen LogP contribution in [0.15, 0.2) is 42.0 Å². The molecule has 4 aliphatic rings. The van der Waals surface area contributed by atoms with Gasteiger partial charge in [-0.25, -0.2) is 4.79 Å². The maximum Gasteiger partial charge on any atom is 0.338 e. The van der Waals surface area contributed by atoms with Gasteiger partial charge >= 0.3 is 11.9 Å². The van der Waals surface area contributed by atoms with E-state index in [-0.39, 0.29) is 23.5 Å². The van der Waals surface area contributed by atoms with Crippen molar-refractivity contribution in [2.24, 2.45) is 40.4 Å². The first-order chi connectivity index (χ1) is 17.3. The fourth-order valence-corrected chi connectivity index (χ4v) is 9.01. The molecule has 1 aromatic carbocycles. The van der Waals surface area contributed by atoms with Crippen LogP contribution in [-0.4, -0.2) is 25.2 Å². The predicted molar refractivity (Wildman–Crippen MR) is 141 cm³/mol. The van der Waals surface area contributed by atoms with Crippen LogP contribution in [0.4, 0.5) is 0 Å². The van der Waals surface area contributed by atoms with E-state index < -0.39 is 0 Å².